The van der Waals surface area contributed by atoms with Gasteiger partial charge < -0.3 is 5.32 Å². The molecule has 0 unspecified atom stereocenters. The Morgan fingerprint density at radius 2 is 1.73 bits per heavy atom. The van der Waals surface area contributed by atoms with Crippen LogP contribution in [0.5, 0.6) is 0 Å². The molecule has 0 bridgehead atoms. The smallest absolute Gasteiger partial charge is 0.0417 e. The lowest BCUT2D eigenvalue weighted by Gasteiger charge is -2.10. The van der Waals surface area contributed by atoms with Crippen LogP contribution in [0, 0.1) is 0 Å². The second kappa shape index (κ2) is 3.27. The van der Waals surface area contributed by atoms with Crippen LogP contribution in [0.3, 0.4) is 0 Å². The van der Waals surface area contributed by atoms with Crippen LogP contribution in [0.15, 0.2) is 36.4 Å². The summed E-state index contributed by atoms with van der Waals surface area (Å²) in [4.78, 5) is 0. The summed E-state index contributed by atoms with van der Waals surface area (Å²) in [7, 11) is 1.98. The highest BCUT2D eigenvalue weighted by Gasteiger charge is 2.25. The van der Waals surface area contributed by atoms with Crippen molar-refractivity contribution in [1.29, 1.82) is 0 Å². The van der Waals surface area contributed by atoms with E-state index in [1.807, 2.05) is 7.05 Å². The van der Waals surface area contributed by atoms with Gasteiger partial charge in [-0.3, -0.25) is 0 Å². The van der Waals surface area contributed by atoms with Crippen molar-refractivity contribution in [2.75, 3.05) is 12.4 Å². The molecule has 0 aliphatic heterocycles. The first kappa shape index (κ1) is 8.78. The van der Waals surface area contributed by atoms with Crippen LogP contribution < -0.4 is 5.32 Å². The fraction of sp³-hybridized carbons (Fsp3) is 0.286. The van der Waals surface area contributed by atoms with Crippen LogP contribution in [-0.4, -0.2) is 7.05 Å². The van der Waals surface area contributed by atoms with Crippen LogP contribution in [0.1, 0.15) is 24.3 Å². The molecule has 1 aliphatic carbocycles. The summed E-state index contributed by atoms with van der Waals surface area (Å²) in [5, 5.41) is 6.03. The van der Waals surface area contributed by atoms with Gasteiger partial charge >= 0.3 is 0 Å². The summed E-state index contributed by atoms with van der Waals surface area (Å²) in [5.74, 6) is 0.820. The van der Waals surface area contributed by atoms with Gasteiger partial charge in [0, 0.05) is 18.1 Å². The van der Waals surface area contributed by atoms with Gasteiger partial charge in [0.1, 0.15) is 0 Å². The lowest BCUT2D eigenvalue weighted by molar-refractivity contribution is 1.15. The minimum Gasteiger partial charge on any atom is -0.388 e. The monoisotopic (exact) mass is 197 g/mol. The molecule has 1 aliphatic rings. The average molecular weight is 197 g/mol. The number of rotatable bonds is 2. The van der Waals surface area contributed by atoms with Crippen LogP contribution in [-0.2, 0) is 0 Å². The Morgan fingerprint density at radius 1 is 1.00 bits per heavy atom. The van der Waals surface area contributed by atoms with Crippen molar-refractivity contribution >= 4 is 16.5 Å². The highest BCUT2D eigenvalue weighted by molar-refractivity contribution is 5.96. The van der Waals surface area contributed by atoms with Crippen molar-refractivity contribution in [3.05, 3.63) is 42.0 Å². The number of hydrogen-bond donors (Lipinski definition) is 1. The zero-order valence-electron chi connectivity index (χ0n) is 8.96. The van der Waals surface area contributed by atoms with Gasteiger partial charge in [-0.25, -0.2) is 0 Å². The van der Waals surface area contributed by atoms with Gasteiger partial charge in [-0.15, -0.1) is 0 Å². The van der Waals surface area contributed by atoms with E-state index in [0.717, 1.165) is 5.92 Å². The molecule has 3 rings (SSSR count). The lowest BCUT2D eigenvalue weighted by atomic mass is 10.00. The molecule has 0 spiro atoms. The summed E-state index contributed by atoms with van der Waals surface area (Å²) in [6, 6.07) is 13.2. The van der Waals surface area contributed by atoms with Crippen LogP contribution in [0.2, 0.25) is 0 Å². The third-order valence-corrected chi connectivity index (χ3v) is 3.24. The molecule has 0 heterocycles. The molecule has 15 heavy (non-hydrogen) atoms. The molecule has 2 aromatic rings. The van der Waals surface area contributed by atoms with Gasteiger partial charge in [0.25, 0.3) is 0 Å². The third kappa shape index (κ3) is 1.39. The maximum absolute atomic E-state index is 3.26. The number of hydrogen-bond acceptors (Lipinski definition) is 1. The Morgan fingerprint density at radius 3 is 2.40 bits per heavy atom. The maximum Gasteiger partial charge on any atom is 0.0417 e. The minimum atomic E-state index is 0.820. The fourth-order valence-electron chi connectivity index (χ4n) is 2.29. The van der Waals surface area contributed by atoms with Gasteiger partial charge in [0.2, 0.25) is 0 Å². The van der Waals surface area contributed by atoms with Crippen molar-refractivity contribution in [2.24, 2.45) is 0 Å². The molecule has 1 nitrogen and oxygen atoms in total. The summed E-state index contributed by atoms with van der Waals surface area (Å²) < 4.78 is 0. The largest absolute Gasteiger partial charge is 0.388 e. The van der Waals surface area contributed by atoms with E-state index >= 15 is 0 Å². The Hall–Kier alpha value is -1.50. The Bertz CT molecular complexity index is 498. The van der Waals surface area contributed by atoms with E-state index in [1.54, 1.807) is 0 Å². The average Bonchev–Trinajstić information content (AvgIpc) is 3.11. The Kier molecular flexibility index (Phi) is 1.91. The second-order valence-corrected chi connectivity index (χ2v) is 4.27. The molecular formula is C14H15N. The summed E-state index contributed by atoms with van der Waals surface area (Å²) in [6.45, 7) is 0. The van der Waals surface area contributed by atoms with E-state index in [0.29, 0.717) is 0 Å². The van der Waals surface area contributed by atoms with Gasteiger partial charge in [-0.2, -0.15) is 0 Å². The van der Waals surface area contributed by atoms with Crippen molar-refractivity contribution in [2.45, 2.75) is 18.8 Å². The standard InChI is InChI=1S/C14H15N/c1-15-14-9-8-11(10-6-7-10)12-4-2-3-5-13(12)14/h2-5,8-10,15H,6-7H2,1H3. The molecule has 0 amide bonds. The topological polar surface area (TPSA) is 12.0 Å². The van der Waals surface area contributed by atoms with Gasteiger partial charge in [0.15, 0.2) is 0 Å². The highest BCUT2D eigenvalue weighted by Crippen LogP contribution is 2.44. The molecule has 1 fully saturated rings. The molecular weight excluding hydrogens is 182 g/mol. The quantitative estimate of drug-likeness (QED) is 0.773. The molecule has 0 aromatic heterocycles. The molecule has 1 N–H and O–H groups in total. The third-order valence-electron chi connectivity index (χ3n) is 3.24. The second-order valence-electron chi connectivity index (χ2n) is 4.27. The molecule has 0 atom stereocenters. The van der Waals surface area contributed by atoms with Crippen molar-refractivity contribution < 1.29 is 0 Å². The van der Waals surface area contributed by atoms with Crippen molar-refractivity contribution in [3.8, 4) is 0 Å². The lowest BCUT2D eigenvalue weighted by Crippen LogP contribution is -1.91. The van der Waals surface area contributed by atoms with Crippen molar-refractivity contribution in [1.82, 2.24) is 0 Å². The summed E-state index contributed by atoms with van der Waals surface area (Å²) >= 11 is 0. The fourth-order valence-corrected chi connectivity index (χ4v) is 2.29. The SMILES string of the molecule is CNc1ccc(C2CC2)c2ccccc12. The minimum absolute atomic E-state index is 0.820. The Balaban J connectivity index is 2.30. The summed E-state index contributed by atoms with van der Waals surface area (Å²) in [5.41, 5.74) is 2.76. The number of anilines is 1. The predicted molar refractivity (Wildman–Crippen MR) is 65.5 cm³/mol. The zero-order valence-corrected chi connectivity index (χ0v) is 8.96. The van der Waals surface area contributed by atoms with E-state index in [1.165, 1.54) is 34.9 Å². The molecule has 2 aromatic carbocycles. The molecule has 1 saturated carbocycles. The van der Waals surface area contributed by atoms with Gasteiger partial charge in [-0.05, 0) is 35.8 Å². The van der Waals surface area contributed by atoms with Crippen LogP contribution >= 0.6 is 0 Å². The Labute approximate surface area is 90.1 Å². The maximum atomic E-state index is 3.26. The van der Waals surface area contributed by atoms with Gasteiger partial charge in [-0.1, -0.05) is 30.3 Å². The number of nitrogens with one attached hydrogen (secondary N) is 1. The normalized spacial score (nSPS) is 15.5. The number of fused-ring (bicyclic) bond motifs is 1. The zero-order chi connectivity index (χ0) is 10.3. The van der Waals surface area contributed by atoms with Crippen LogP contribution in [0.4, 0.5) is 5.69 Å². The molecule has 0 saturated heterocycles. The van der Waals surface area contributed by atoms with Gasteiger partial charge in [0.05, 0.1) is 0 Å². The molecule has 76 valence electrons. The highest BCUT2D eigenvalue weighted by atomic mass is 14.8. The van der Waals surface area contributed by atoms with Crippen molar-refractivity contribution in [3.63, 3.8) is 0 Å². The van der Waals surface area contributed by atoms with E-state index in [4.69, 9.17) is 0 Å². The first-order valence-corrected chi connectivity index (χ1v) is 5.59. The first-order chi connectivity index (χ1) is 7.40. The first-order valence-electron chi connectivity index (χ1n) is 5.59. The summed E-state index contributed by atoms with van der Waals surface area (Å²) in [6.07, 6.45) is 2.73. The van der Waals surface area contributed by atoms with E-state index < -0.39 is 0 Å². The van der Waals surface area contributed by atoms with E-state index in [9.17, 15) is 0 Å². The molecule has 0 radical (unpaired) electrons. The van der Waals surface area contributed by atoms with E-state index in [2.05, 4.69) is 41.7 Å². The number of benzene rings is 2. The predicted octanol–water partition coefficient (Wildman–Crippen LogP) is 3.76. The van der Waals surface area contributed by atoms with Crippen LogP contribution in [0.25, 0.3) is 10.8 Å². The molecule has 1 heteroatoms. The van der Waals surface area contributed by atoms with E-state index in [-0.39, 0.29) is 0 Å².